The topological polar surface area (TPSA) is 403 Å². The van der Waals surface area contributed by atoms with Crippen LogP contribution in [0.15, 0.2) is 48.5 Å². The molecule has 0 amide bonds. The summed E-state index contributed by atoms with van der Waals surface area (Å²) >= 11 is 0. The number of hydrogen-bond acceptors (Lipinski definition) is 20. The average Bonchev–Trinajstić information content (AvgIpc) is 2.99. The maximum Gasteiger partial charge on any atom is 2.00 e. The molecular formula is C28H22GeO20Zn. The van der Waals surface area contributed by atoms with Crippen molar-refractivity contribution in [3.8, 4) is 69.0 Å². The van der Waals surface area contributed by atoms with E-state index in [2.05, 4.69) is 0 Å². The Morgan fingerprint density at radius 1 is 0.320 bits per heavy atom. The van der Waals surface area contributed by atoms with Gasteiger partial charge in [-0.1, -0.05) is 0 Å². The van der Waals surface area contributed by atoms with Crippen molar-refractivity contribution < 1.29 is 120 Å². The molecule has 0 atom stereocenters. The summed E-state index contributed by atoms with van der Waals surface area (Å²) in [7, 11) is 0. The molecule has 0 bridgehead atoms. The molecule has 22 heteroatoms. The van der Waals surface area contributed by atoms with Crippen molar-refractivity contribution in [3.05, 3.63) is 70.8 Å². The standard InChI is InChI=1S/4C7H6O5.GeH2.Zn/c4*8-4-1-3(7(11)12)2-5(9)6(4)10;;/h4*1-2,8-10H,(H,11,12);1H2;/q;;;;2*+2/p-4. The van der Waals surface area contributed by atoms with E-state index in [1.54, 1.807) is 0 Å². The van der Waals surface area contributed by atoms with Gasteiger partial charge in [-0.05, 0) is 48.5 Å². The molecule has 50 heavy (non-hydrogen) atoms. The van der Waals surface area contributed by atoms with E-state index in [0.717, 1.165) is 48.5 Å². The van der Waals surface area contributed by atoms with Gasteiger partial charge in [0.25, 0.3) is 0 Å². The first-order valence-electron chi connectivity index (χ1n) is 11.9. The molecular weight excluding hydrogens is 794 g/mol. The number of phenolic OH excluding ortho intramolecular Hbond substituents is 12. The van der Waals surface area contributed by atoms with Gasteiger partial charge in [-0.15, -0.1) is 0 Å². The molecule has 4 rings (SSSR count). The van der Waals surface area contributed by atoms with Crippen molar-refractivity contribution in [1.82, 2.24) is 0 Å². The summed E-state index contributed by atoms with van der Waals surface area (Å²) in [6.45, 7) is 0. The summed E-state index contributed by atoms with van der Waals surface area (Å²) in [5.74, 6) is -14.8. The Labute approximate surface area is 300 Å². The SMILES string of the molecule is O=C([O-])c1cc(O)c(O)c(O)c1.O=C([O-])c1cc(O)c(O)c(O)c1.O=C([O-])c1cc(O)c(O)c(O)c1.O=C([O-])c1cc(O)c(O)c(O)c1.[GeH2+2].[Zn+2]. The Hall–Kier alpha value is -6.47. The fourth-order valence-electron chi connectivity index (χ4n) is 2.89. The van der Waals surface area contributed by atoms with Crippen LogP contribution < -0.4 is 20.4 Å². The summed E-state index contributed by atoms with van der Waals surface area (Å²) in [4.78, 5) is 40.8. The zero-order valence-electron chi connectivity index (χ0n) is 24.7. The van der Waals surface area contributed by atoms with Crippen LogP contribution in [-0.4, -0.2) is 103 Å². The molecule has 0 radical (unpaired) electrons. The van der Waals surface area contributed by atoms with E-state index in [9.17, 15) is 39.6 Å². The van der Waals surface area contributed by atoms with Gasteiger partial charge in [0.1, 0.15) is 0 Å². The minimum absolute atomic E-state index is 0. The molecule has 0 heterocycles. The number of hydrogen-bond donors (Lipinski definition) is 12. The number of phenols is 12. The molecule has 20 nitrogen and oxygen atoms in total. The number of aromatic hydroxyl groups is 12. The first kappa shape index (κ1) is 45.6. The Bertz CT molecular complexity index is 1510. The molecule has 4 aromatic rings. The minimum Gasteiger partial charge on any atom is 2.00 e. The second-order valence-electron chi connectivity index (χ2n) is 8.60. The number of carboxylic acid groups (broad SMARTS) is 4. The summed E-state index contributed by atoms with van der Waals surface area (Å²) in [6, 6.07) is 6.26. The minimum atomic E-state index is -1.54. The second kappa shape index (κ2) is 19.4. The van der Waals surface area contributed by atoms with E-state index in [4.69, 9.17) is 61.3 Å². The van der Waals surface area contributed by atoms with Crippen LogP contribution >= 0.6 is 0 Å². The van der Waals surface area contributed by atoms with Crippen LogP contribution in [-0.2, 0) is 19.5 Å². The van der Waals surface area contributed by atoms with E-state index in [-0.39, 0.29) is 37.1 Å². The quantitative estimate of drug-likeness (QED) is 0.0685. The van der Waals surface area contributed by atoms with Crippen LogP contribution in [0.5, 0.6) is 69.0 Å². The average molecular weight is 816 g/mol. The number of benzene rings is 4. The summed E-state index contributed by atoms with van der Waals surface area (Å²) in [5, 5.41) is 147. The Morgan fingerprint density at radius 2 is 0.420 bits per heavy atom. The van der Waals surface area contributed by atoms with E-state index >= 15 is 0 Å². The molecule has 0 saturated carbocycles. The number of aromatic carboxylic acids is 4. The summed E-state index contributed by atoms with van der Waals surface area (Å²) < 4.78 is 0. The van der Waals surface area contributed by atoms with Crippen LogP contribution in [0.2, 0.25) is 0 Å². The first-order chi connectivity index (χ1) is 22.1. The van der Waals surface area contributed by atoms with Crippen molar-refractivity contribution in [2.45, 2.75) is 0 Å². The zero-order valence-corrected chi connectivity index (χ0v) is 30.6. The molecule has 0 fully saturated rings. The molecule has 0 unspecified atom stereocenters. The molecule has 260 valence electrons. The van der Waals surface area contributed by atoms with Gasteiger partial charge in [0.2, 0.25) is 0 Å². The van der Waals surface area contributed by atoms with Crippen molar-refractivity contribution in [1.29, 1.82) is 0 Å². The molecule has 0 spiro atoms. The van der Waals surface area contributed by atoms with Crippen LogP contribution in [0.25, 0.3) is 0 Å². The Kier molecular flexibility index (Phi) is 17.7. The maximum absolute atomic E-state index is 10.2. The van der Waals surface area contributed by atoms with E-state index in [1.807, 2.05) is 0 Å². The largest absolute Gasteiger partial charge is 2.00 e. The van der Waals surface area contributed by atoms with Crippen molar-refractivity contribution >= 4 is 41.5 Å². The molecule has 4 aromatic carbocycles. The van der Waals surface area contributed by atoms with Crippen molar-refractivity contribution in [3.63, 3.8) is 0 Å². The molecule has 0 aromatic heterocycles. The van der Waals surface area contributed by atoms with Gasteiger partial charge in [0, 0.05) is 22.3 Å². The Morgan fingerprint density at radius 3 is 0.500 bits per heavy atom. The van der Waals surface area contributed by atoms with Crippen molar-refractivity contribution in [2.75, 3.05) is 0 Å². The normalized spacial score (nSPS) is 9.28. The first-order valence-corrected chi connectivity index (χ1v) is 11.9. The number of carbonyl (C=O) groups excluding carboxylic acids is 4. The van der Waals surface area contributed by atoms with Crippen LogP contribution in [0.1, 0.15) is 41.4 Å². The maximum atomic E-state index is 10.2. The van der Waals surface area contributed by atoms with Gasteiger partial charge in [0.15, 0.2) is 69.0 Å². The molecule has 0 saturated heterocycles. The van der Waals surface area contributed by atoms with Crippen LogP contribution in [0.4, 0.5) is 0 Å². The van der Waals surface area contributed by atoms with E-state index < -0.39 is 115 Å². The predicted molar refractivity (Wildman–Crippen MR) is 152 cm³/mol. The van der Waals surface area contributed by atoms with Gasteiger partial charge < -0.3 is 101 Å². The van der Waals surface area contributed by atoms with Gasteiger partial charge in [0.05, 0.1) is 23.9 Å². The van der Waals surface area contributed by atoms with Crippen LogP contribution in [0, 0.1) is 0 Å². The summed E-state index contributed by atoms with van der Waals surface area (Å²) in [6.07, 6.45) is 0. The van der Waals surface area contributed by atoms with Crippen LogP contribution in [0.3, 0.4) is 0 Å². The third-order valence-corrected chi connectivity index (χ3v) is 5.22. The van der Waals surface area contributed by atoms with E-state index in [0.29, 0.717) is 0 Å². The van der Waals surface area contributed by atoms with Gasteiger partial charge in [-0.25, -0.2) is 0 Å². The fourth-order valence-corrected chi connectivity index (χ4v) is 2.89. The molecule has 0 aliphatic carbocycles. The second-order valence-corrected chi connectivity index (χ2v) is 8.60. The number of carbonyl (C=O) groups is 4. The zero-order chi connectivity index (χ0) is 37.2. The van der Waals surface area contributed by atoms with Gasteiger partial charge >= 0.3 is 37.1 Å². The Balaban J connectivity index is 0. The summed E-state index contributed by atoms with van der Waals surface area (Å²) in [5.41, 5.74) is -1.60. The third kappa shape index (κ3) is 12.6. The van der Waals surface area contributed by atoms with Crippen molar-refractivity contribution in [2.24, 2.45) is 0 Å². The smallest absolute Gasteiger partial charge is 2.00 e. The molecule has 12 N–H and O–H groups in total. The third-order valence-electron chi connectivity index (χ3n) is 5.22. The monoisotopic (exact) mass is 816 g/mol. The van der Waals surface area contributed by atoms with E-state index in [1.165, 1.54) is 0 Å². The number of carboxylic acids is 4. The molecule has 0 aliphatic rings. The number of rotatable bonds is 4. The predicted octanol–water partition coefficient (Wildman–Crippen LogP) is -4.25. The molecule has 0 aliphatic heterocycles. The fraction of sp³-hybridized carbons (Fsp3) is 0. The van der Waals surface area contributed by atoms with Gasteiger partial charge in [-0.2, -0.15) is 0 Å². The van der Waals surface area contributed by atoms with Gasteiger partial charge in [-0.3, -0.25) is 0 Å².